The number of rotatable bonds is 7. The molecule has 0 aliphatic rings. The molecule has 0 aliphatic carbocycles. The molecule has 0 fully saturated rings. The molecule has 2 aromatic rings. The Morgan fingerprint density at radius 1 is 1.00 bits per heavy atom. The Balaban J connectivity index is 1.89. The van der Waals surface area contributed by atoms with Crippen molar-refractivity contribution < 1.29 is 23.5 Å². The molecule has 0 aliphatic heterocycles. The number of ether oxygens (including phenoxy) is 1. The molecule has 2 rings (SSSR count). The van der Waals surface area contributed by atoms with Gasteiger partial charge < -0.3 is 15.4 Å². The second-order valence-electron chi connectivity index (χ2n) is 6.44. The van der Waals surface area contributed by atoms with Gasteiger partial charge in [0, 0.05) is 13.5 Å². The normalized spacial score (nSPS) is 12.6. The van der Waals surface area contributed by atoms with Crippen LogP contribution in [0.25, 0.3) is 0 Å². The van der Waals surface area contributed by atoms with E-state index >= 15 is 0 Å². The summed E-state index contributed by atoms with van der Waals surface area (Å²) in [6, 6.07) is 12.0. The number of carbonyl (C=O) groups excluding carboxylic acids is 3. The number of benzene rings is 2. The predicted molar refractivity (Wildman–Crippen MR) is 102 cm³/mol. The van der Waals surface area contributed by atoms with Gasteiger partial charge in [-0.1, -0.05) is 24.3 Å². The van der Waals surface area contributed by atoms with Gasteiger partial charge in [-0.15, -0.1) is 0 Å². The van der Waals surface area contributed by atoms with Crippen LogP contribution in [-0.2, 0) is 20.9 Å². The first-order valence-corrected chi connectivity index (χ1v) is 8.86. The molecule has 2 atom stereocenters. The van der Waals surface area contributed by atoms with E-state index in [4.69, 9.17) is 4.74 Å². The average Bonchev–Trinajstić information content (AvgIpc) is 2.67. The second kappa shape index (κ2) is 9.64. The summed E-state index contributed by atoms with van der Waals surface area (Å²) in [4.78, 5) is 35.4. The van der Waals surface area contributed by atoms with E-state index in [1.807, 2.05) is 0 Å². The van der Waals surface area contributed by atoms with Crippen LogP contribution in [0.4, 0.5) is 4.39 Å². The molecule has 2 N–H and O–H groups in total. The molecule has 0 bridgehead atoms. The summed E-state index contributed by atoms with van der Waals surface area (Å²) in [5.74, 6) is -1.57. The minimum Gasteiger partial charge on any atom is -0.449 e. The monoisotopic (exact) mass is 386 g/mol. The van der Waals surface area contributed by atoms with Crippen molar-refractivity contribution in [3.8, 4) is 0 Å². The molecule has 0 heterocycles. The van der Waals surface area contributed by atoms with E-state index in [1.54, 1.807) is 43.3 Å². The molecule has 0 spiro atoms. The van der Waals surface area contributed by atoms with Gasteiger partial charge in [0.05, 0.1) is 11.6 Å². The van der Waals surface area contributed by atoms with E-state index in [2.05, 4.69) is 10.6 Å². The van der Waals surface area contributed by atoms with E-state index in [0.717, 1.165) is 11.1 Å². The number of halogens is 1. The zero-order chi connectivity index (χ0) is 20.7. The molecule has 0 saturated heterocycles. The van der Waals surface area contributed by atoms with Crippen molar-refractivity contribution in [1.29, 1.82) is 0 Å². The Kier molecular flexibility index (Phi) is 7.26. The van der Waals surface area contributed by atoms with Gasteiger partial charge in [0.25, 0.3) is 5.91 Å². The molecule has 0 saturated carbocycles. The molecule has 2 amide bonds. The molecule has 148 valence electrons. The zero-order valence-electron chi connectivity index (χ0n) is 16.0. The largest absolute Gasteiger partial charge is 0.449 e. The third kappa shape index (κ3) is 6.19. The lowest BCUT2D eigenvalue weighted by molar-refractivity contribution is -0.129. The van der Waals surface area contributed by atoms with Gasteiger partial charge in [-0.25, -0.2) is 9.18 Å². The minimum atomic E-state index is -0.991. The summed E-state index contributed by atoms with van der Waals surface area (Å²) in [6.45, 7) is 5.03. The molecule has 0 unspecified atom stereocenters. The topological polar surface area (TPSA) is 84.5 Å². The highest BCUT2D eigenvalue weighted by atomic mass is 19.1. The Labute approximate surface area is 163 Å². The van der Waals surface area contributed by atoms with Crippen LogP contribution in [0.15, 0.2) is 48.5 Å². The van der Waals surface area contributed by atoms with Crippen LogP contribution in [-0.4, -0.2) is 23.9 Å². The second-order valence-corrected chi connectivity index (χ2v) is 6.44. The quantitative estimate of drug-likeness (QED) is 0.717. The minimum absolute atomic E-state index is 0.141. The van der Waals surface area contributed by atoms with Crippen LogP contribution in [0.1, 0.15) is 48.3 Å². The Bertz CT molecular complexity index is 834. The van der Waals surface area contributed by atoms with Crippen LogP contribution >= 0.6 is 0 Å². The van der Waals surface area contributed by atoms with E-state index in [0.29, 0.717) is 12.1 Å². The van der Waals surface area contributed by atoms with Gasteiger partial charge >= 0.3 is 5.97 Å². The van der Waals surface area contributed by atoms with E-state index in [9.17, 15) is 18.8 Å². The maximum Gasteiger partial charge on any atom is 0.338 e. The van der Waals surface area contributed by atoms with Crippen LogP contribution in [0.2, 0.25) is 0 Å². The number of amides is 2. The molecule has 28 heavy (non-hydrogen) atoms. The van der Waals surface area contributed by atoms with Gasteiger partial charge in [0.1, 0.15) is 5.82 Å². The maximum atomic E-state index is 13.0. The standard InChI is InChI=1S/C21H23FN2O4/c1-13(17-8-10-19(22)11-9-17)24-20(26)14(2)28-21(27)18-6-4-16(5-7-18)12-23-15(3)25/h4-11,13-14H,12H2,1-3H3,(H,23,25)(H,24,26)/t13-,14+/m1/s1. The summed E-state index contributed by atoms with van der Waals surface area (Å²) in [5, 5.41) is 5.39. The third-order valence-corrected chi connectivity index (χ3v) is 4.11. The third-order valence-electron chi connectivity index (χ3n) is 4.11. The first-order valence-electron chi connectivity index (χ1n) is 8.86. The van der Waals surface area contributed by atoms with E-state index in [-0.39, 0.29) is 17.8 Å². The van der Waals surface area contributed by atoms with Crippen LogP contribution in [0, 0.1) is 5.82 Å². The fraction of sp³-hybridized carbons (Fsp3) is 0.286. The van der Waals surface area contributed by atoms with E-state index < -0.39 is 18.0 Å². The fourth-order valence-electron chi connectivity index (χ4n) is 2.43. The average molecular weight is 386 g/mol. The lowest BCUT2D eigenvalue weighted by atomic mass is 10.1. The lowest BCUT2D eigenvalue weighted by Crippen LogP contribution is -2.37. The molecule has 6 nitrogen and oxygen atoms in total. The molecular formula is C21H23FN2O4. The van der Waals surface area contributed by atoms with Crippen molar-refractivity contribution in [1.82, 2.24) is 10.6 Å². The van der Waals surface area contributed by atoms with Crippen LogP contribution in [0.5, 0.6) is 0 Å². The Morgan fingerprint density at radius 3 is 2.18 bits per heavy atom. The molecule has 0 radical (unpaired) electrons. The zero-order valence-corrected chi connectivity index (χ0v) is 16.0. The van der Waals surface area contributed by atoms with Crippen molar-refractivity contribution in [2.75, 3.05) is 0 Å². The Hall–Kier alpha value is -3.22. The van der Waals surface area contributed by atoms with Gasteiger partial charge in [-0.2, -0.15) is 0 Å². The lowest BCUT2D eigenvalue weighted by Gasteiger charge is -2.18. The molecular weight excluding hydrogens is 363 g/mol. The van der Waals surface area contributed by atoms with Crippen LogP contribution < -0.4 is 10.6 Å². The predicted octanol–water partition coefficient (Wildman–Crippen LogP) is 2.88. The van der Waals surface area contributed by atoms with Crippen molar-refractivity contribution >= 4 is 17.8 Å². The van der Waals surface area contributed by atoms with Crippen molar-refractivity contribution in [2.24, 2.45) is 0 Å². The summed E-state index contributed by atoms with van der Waals surface area (Å²) in [5.41, 5.74) is 1.88. The summed E-state index contributed by atoms with van der Waals surface area (Å²) >= 11 is 0. The first kappa shape index (κ1) is 21.1. The number of nitrogens with one attached hydrogen (secondary N) is 2. The van der Waals surface area contributed by atoms with Gasteiger partial charge in [0.2, 0.25) is 5.91 Å². The highest BCUT2D eigenvalue weighted by Gasteiger charge is 2.21. The highest BCUT2D eigenvalue weighted by molar-refractivity contribution is 5.92. The number of esters is 1. The van der Waals surface area contributed by atoms with Crippen molar-refractivity contribution in [2.45, 2.75) is 39.5 Å². The maximum absolute atomic E-state index is 13.0. The summed E-state index contributed by atoms with van der Waals surface area (Å²) in [7, 11) is 0. The van der Waals surface area contributed by atoms with Crippen molar-refractivity contribution in [3.63, 3.8) is 0 Å². The fourth-order valence-corrected chi connectivity index (χ4v) is 2.43. The smallest absolute Gasteiger partial charge is 0.338 e. The highest BCUT2D eigenvalue weighted by Crippen LogP contribution is 2.14. The van der Waals surface area contributed by atoms with Gasteiger partial charge in [-0.05, 0) is 49.2 Å². The molecule has 7 heteroatoms. The summed E-state index contributed by atoms with van der Waals surface area (Å²) < 4.78 is 18.2. The number of hydrogen-bond acceptors (Lipinski definition) is 4. The Morgan fingerprint density at radius 2 is 1.61 bits per heavy atom. The van der Waals surface area contributed by atoms with E-state index in [1.165, 1.54) is 26.0 Å². The number of hydrogen-bond donors (Lipinski definition) is 2. The van der Waals surface area contributed by atoms with Crippen molar-refractivity contribution in [3.05, 3.63) is 71.0 Å². The number of carbonyl (C=O) groups is 3. The summed E-state index contributed by atoms with van der Waals surface area (Å²) in [6.07, 6.45) is -0.991. The first-order chi connectivity index (χ1) is 13.3. The van der Waals surface area contributed by atoms with Gasteiger partial charge in [0.15, 0.2) is 6.10 Å². The van der Waals surface area contributed by atoms with Gasteiger partial charge in [-0.3, -0.25) is 9.59 Å². The molecule has 0 aromatic heterocycles. The molecule has 2 aromatic carbocycles. The SMILES string of the molecule is CC(=O)NCc1ccc(C(=O)O[C@@H](C)C(=O)N[C@H](C)c2ccc(F)cc2)cc1. The van der Waals surface area contributed by atoms with Crippen LogP contribution in [0.3, 0.4) is 0 Å².